The third-order valence-electron chi connectivity index (χ3n) is 16.4. The number of ether oxygens (including phenoxy) is 2. The van der Waals surface area contributed by atoms with Crippen LogP contribution in [0.15, 0.2) is 16.4 Å². The molecule has 1 aromatic rings. The van der Waals surface area contributed by atoms with Crippen molar-refractivity contribution in [3.63, 3.8) is 0 Å². The van der Waals surface area contributed by atoms with E-state index >= 15 is 0 Å². The molecule has 1 aromatic heterocycles. The monoisotopic (exact) mass is 773 g/mol. The standard InChI is InChI=1S/C40H64BrN5O5/c1-22(2)23(3)36(8)16-17-37(9)24-12-13-27-35(7)18-26(46-31(30(42)47)44-33(41)45-46)29(51-20-39(11,43)34(4,5)6)40(27,21-50-19-35)25(24)14-15-38(37,10)28(36)32(48)49/h14,22-24,26-29H,12-13,15-21,43H2,1-11H3,(H2,42,47)(H,48,49)/t23-,24+,26-,27-,28-,29+,35-,36-,37-,38+,39+,40+/m1/s1. The Morgan fingerprint density at radius 1 is 1.10 bits per heavy atom. The van der Waals surface area contributed by atoms with Crippen LogP contribution in [0.5, 0.6) is 0 Å². The molecule has 3 saturated carbocycles. The Morgan fingerprint density at radius 3 is 2.35 bits per heavy atom. The van der Waals surface area contributed by atoms with Crippen molar-refractivity contribution < 1.29 is 24.2 Å². The largest absolute Gasteiger partial charge is 0.481 e. The zero-order valence-electron chi connectivity index (χ0n) is 32.9. The molecule has 2 bridgehead atoms. The van der Waals surface area contributed by atoms with Gasteiger partial charge in [0.2, 0.25) is 10.6 Å². The number of nitrogens with zero attached hydrogens (tertiary/aromatic N) is 3. The second-order valence-electron chi connectivity index (χ2n) is 20.1. The van der Waals surface area contributed by atoms with Crippen molar-refractivity contribution in [2.45, 2.75) is 132 Å². The van der Waals surface area contributed by atoms with Gasteiger partial charge in [0.25, 0.3) is 5.91 Å². The molecule has 12 atom stereocenters. The summed E-state index contributed by atoms with van der Waals surface area (Å²) in [5.74, 6) is -0.650. The van der Waals surface area contributed by atoms with Crippen LogP contribution in [0.4, 0.5) is 0 Å². The lowest BCUT2D eigenvalue weighted by molar-refractivity contribution is -0.255. The molecule has 1 amide bonds. The van der Waals surface area contributed by atoms with E-state index in [1.54, 1.807) is 4.68 Å². The highest BCUT2D eigenvalue weighted by molar-refractivity contribution is 9.10. The van der Waals surface area contributed by atoms with Crippen LogP contribution >= 0.6 is 15.9 Å². The Kier molecular flexibility index (Phi) is 9.42. The molecular weight excluding hydrogens is 710 g/mol. The highest BCUT2D eigenvalue weighted by Gasteiger charge is 2.73. The minimum atomic E-state index is -0.671. The fourth-order valence-corrected chi connectivity index (χ4v) is 12.6. The van der Waals surface area contributed by atoms with Crippen LogP contribution in [-0.2, 0) is 14.3 Å². The molecule has 4 fully saturated rings. The summed E-state index contributed by atoms with van der Waals surface area (Å²) in [6.07, 6.45) is 7.15. The van der Waals surface area contributed by atoms with Crippen LogP contribution in [0.3, 0.4) is 0 Å². The van der Waals surface area contributed by atoms with Gasteiger partial charge in [-0.05, 0) is 112 Å². The summed E-state index contributed by atoms with van der Waals surface area (Å²) in [6, 6.07) is -0.360. The molecule has 51 heavy (non-hydrogen) atoms. The highest BCUT2D eigenvalue weighted by atomic mass is 79.9. The zero-order valence-corrected chi connectivity index (χ0v) is 34.5. The summed E-state index contributed by atoms with van der Waals surface area (Å²) in [4.78, 5) is 30.9. The van der Waals surface area contributed by atoms with Crippen molar-refractivity contribution in [1.29, 1.82) is 0 Å². The van der Waals surface area contributed by atoms with Crippen LogP contribution in [0.2, 0.25) is 0 Å². The van der Waals surface area contributed by atoms with Gasteiger partial charge >= 0.3 is 5.97 Å². The molecule has 0 radical (unpaired) electrons. The Bertz CT molecular complexity index is 1600. The van der Waals surface area contributed by atoms with E-state index in [2.05, 4.69) is 96.2 Å². The average molecular weight is 775 g/mol. The summed E-state index contributed by atoms with van der Waals surface area (Å²) < 4.78 is 16.0. The normalized spacial score (nSPS) is 42.5. The SMILES string of the molecule is CC(C)[C@@H](C)[C@@]1(C)CC[C@]2(C)[C@H]3CC[C@@H]4[C@@]5(C)COC[C@@]4(C3=CC[C@@]2(C)[C@@H]1C(=O)O)[C@@H](OC[C@](C)(N)C(C)(C)C)[C@H](n1nc(Br)nc1C(N)=O)C5. The predicted molar refractivity (Wildman–Crippen MR) is 201 cm³/mol. The maximum Gasteiger partial charge on any atom is 0.307 e. The Labute approximate surface area is 313 Å². The summed E-state index contributed by atoms with van der Waals surface area (Å²) >= 11 is 3.43. The lowest BCUT2D eigenvalue weighted by Gasteiger charge is -2.71. The molecule has 0 unspecified atom stereocenters. The Balaban J connectivity index is 1.55. The van der Waals surface area contributed by atoms with E-state index in [0.29, 0.717) is 43.3 Å². The summed E-state index contributed by atoms with van der Waals surface area (Å²) in [6.45, 7) is 25.8. The number of allylic oxidation sites excluding steroid dienone is 1. The number of rotatable bonds is 8. The zero-order chi connectivity index (χ0) is 37.9. The second-order valence-corrected chi connectivity index (χ2v) is 20.8. The molecule has 286 valence electrons. The number of fused-ring (bicyclic) bond motifs is 3. The van der Waals surface area contributed by atoms with Gasteiger partial charge in [0, 0.05) is 11.0 Å². The van der Waals surface area contributed by atoms with E-state index in [9.17, 15) is 14.7 Å². The average Bonchev–Trinajstić information content (AvgIpc) is 3.41. The van der Waals surface area contributed by atoms with E-state index in [1.165, 1.54) is 5.57 Å². The van der Waals surface area contributed by atoms with Crippen LogP contribution in [-0.4, -0.2) is 63.2 Å². The fraction of sp³-hybridized carbons (Fsp3) is 0.850. The number of carboxylic acids is 1. The number of hydrogen-bond donors (Lipinski definition) is 3. The fourth-order valence-electron chi connectivity index (χ4n) is 12.3. The molecular formula is C40H64BrN5O5. The molecule has 11 heteroatoms. The van der Waals surface area contributed by atoms with Gasteiger partial charge in [0.15, 0.2) is 0 Å². The third kappa shape index (κ3) is 5.46. The second kappa shape index (κ2) is 12.4. The Morgan fingerprint density at radius 2 is 1.76 bits per heavy atom. The van der Waals surface area contributed by atoms with Crippen molar-refractivity contribution in [3.8, 4) is 0 Å². The number of aromatic nitrogens is 3. The van der Waals surface area contributed by atoms with Gasteiger partial charge in [-0.2, -0.15) is 4.98 Å². The van der Waals surface area contributed by atoms with Crippen LogP contribution in [0.25, 0.3) is 0 Å². The van der Waals surface area contributed by atoms with Crippen LogP contribution in [0.1, 0.15) is 131 Å². The molecule has 5 aliphatic rings. The van der Waals surface area contributed by atoms with E-state index in [4.69, 9.17) is 26.0 Å². The van der Waals surface area contributed by atoms with E-state index in [1.807, 2.05) is 6.92 Å². The molecule has 2 heterocycles. The molecule has 4 aliphatic carbocycles. The lowest BCUT2D eigenvalue weighted by atomic mass is 9.34. The van der Waals surface area contributed by atoms with Gasteiger partial charge in [0.1, 0.15) is 0 Å². The van der Waals surface area contributed by atoms with Gasteiger partial charge in [-0.3, -0.25) is 9.59 Å². The predicted octanol–water partition coefficient (Wildman–Crippen LogP) is 7.42. The number of primary amides is 1. The van der Waals surface area contributed by atoms with E-state index in [-0.39, 0.29) is 51.3 Å². The number of carbonyl (C=O) groups excluding carboxylic acids is 1. The molecule has 1 aliphatic heterocycles. The quantitative estimate of drug-likeness (QED) is 0.231. The van der Waals surface area contributed by atoms with Gasteiger partial charge in [-0.1, -0.05) is 80.9 Å². The molecule has 0 spiro atoms. The number of halogens is 1. The summed E-state index contributed by atoms with van der Waals surface area (Å²) in [5, 5.41) is 15.9. The Hall–Kier alpha value is -1.82. The molecule has 5 N–H and O–H groups in total. The van der Waals surface area contributed by atoms with Gasteiger partial charge < -0.3 is 26.0 Å². The van der Waals surface area contributed by atoms with Crippen molar-refractivity contribution in [1.82, 2.24) is 14.8 Å². The van der Waals surface area contributed by atoms with Gasteiger partial charge in [0.05, 0.1) is 37.9 Å². The van der Waals surface area contributed by atoms with Crippen LogP contribution in [0, 0.1) is 62.1 Å². The van der Waals surface area contributed by atoms with Gasteiger partial charge in [-0.25, -0.2) is 4.68 Å². The van der Waals surface area contributed by atoms with Crippen molar-refractivity contribution >= 4 is 27.8 Å². The maximum absolute atomic E-state index is 13.6. The lowest BCUT2D eigenvalue weighted by Crippen LogP contribution is -2.70. The smallest absolute Gasteiger partial charge is 0.307 e. The first-order valence-corrected chi connectivity index (χ1v) is 20.0. The number of nitrogens with two attached hydrogens (primary N) is 2. The van der Waals surface area contributed by atoms with E-state index < -0.39 is 40.3 Å². The first-order valence-electron chi connectivity index (χ1n) is 19.2. The molecule has 0 aromatic carbocycles. The van der Waals surface area contributed by atoms with Crippen molar-refractivity contribution in [2.24, 2.45) is 73.5 Å². The summed E-state index contributed by atoms with van der Waals surface area (Å²) in [5.41, 5.74) is 11.6. The summed E-state index contributed by atoms with van der Waals surface area (Å²) in [7, 11) is 0. The highest BCUT2D eigenvalue weighted by Crippen LogP contribution is 2.75. The number of aliphatic carboxylic acids is 1. The van der Waals surface area contributed by atoms with E-state index in [0.717, 1.165) is 25.7 Å². The van der Waals surface area contributed by atoms with Crippen LogP contribution < -0.4 is 11.5 Å². The minimum Gasteiger partial charge on any atom is -0.481 e. The number of carbonyl (C=O) groups is 2. The first kappa shape index (κ1) is 38.9. The third-order valence-corrected chi connectivity index (χ3v) is 16.8. The van der Waals surface area contributed by atoms with Gasteiger partial charge in [-0.15, -0.1) is 5.10 Å². The number of carboxylic acid groups (broad SMARTS) is 1. The number of amides is 1. The molecule has 1 saturated heterocycles. The molecule has 10 nitrogen and oxygen atoms in total. The van der Waals surface area contributed by atoms with Crippen molar-refractivity contribution in [3.05, 3.63) is 22.2 Å². The topological polar surface area (TPSA) is 156 Å². The maximum atomic E-state index is 13.6. The molecule has 6 rings (SSSR count). The first-order chi connectivity index (χ1) is 23.4. The minimum absolute atomic E-state index is 0.101. The number of hydrogen-bond acceptors (Lipinski definition) is 7. The van der Waals surface area contributed by atoms with Crippen molar-refractivity contribution in [2.75, 3.05) is 19.8 Å².